The Balaban J connectivity index is 2.13. The molecule has 2 aromatic rings. The monoisotopic (exact) mass is 217 g/mol. The summed E-state index contributed by atoms with van der Waals surface area (Å²) < 4.78 is 0. The number of nitrogens with one attached hydrogen (secondary N) is 1. The number of unbranched alkanes of at least 4 members (excludes halogenated alkanes) is 2. The van der Waals surface area contributed by atoms with Crippen molar-refractivity contribution in [2.45, 2.75) is 32.6 Å². The van der Waals surface area contributed by atoms with Gasteiger partial charge in [-0.1, -0.05) is 24.6 Å². The molecule has 2 N–H and O–H groups in total. The van der Waals surface area contributed by atoms with Gasteiger partial charge in [-0.15, -0.1) is 0 Å². The van der Waals surface area contributed by atoms with E-state index in [1.807, 2.05) is 0 Å². The third kappa shape index (κ3) is 2.27. The number of hydrogen-bond acceptors (Lipinski definition) is 1. The summed E-state index contributed by atoms with van der Waals surface area (Å²) in [6, 6.07) is 8.46. The van der Waals surface area contributed by atoms with Crippen molar-refractivity contribution in [1.82, 2.24) is 4.98 Å². The van der Waals surface area contributed by atoms with Crippen LogP contribution in [-0.2, 0) is 6.42 Å². The van der Waals surface area contributed by atoms with Gasteiger partial charge in [0.25, 0.3) is 0 Å². The molecule has 2 nitrogen and oxygen atoms in total. The molecule has 1 aromatic heterocycles. The predicted octanol–water partition coefficient (Wildman–Crippen LogP) is 3.18. The quantitative estimate of drug-likeness (QED) is 0.741. The number of aliphatic hydroxyl groups is 1. The van der Waals surface area contributed by atoms with Crippen molar-refractivity contribution < 1.29 is 5.11 Å². The molecule has 0 bridgehead atoms. The van der Waals surface area contributed by atoms with Gasteiger partial charge in [-0.25, -0.2) is 0 Å². The second kappa shape index (κ2) is 5.17. The van der Waals surface area contributed by atoms with Crippen LogP contribution < -0.4 is 0 Å². The van der Waals surface area contributed by atoms with E-state index in [1.165, 1.54) is 22.2 Å². The normalized spacial score (nSPS) is 11.1. The number of aromatic amines is 1. The van der Waals surface area contributed by atoms with Gasteiger partial charge in [0.05, 0.1) is 0 Å². The summed E-state index contributed by atoms with van der Waals surface area (Å²) in [5.74, 6) is 0. The Hall–Kier alpha value is -1.28. The van der Waals surface area contributed by atoms with Gasteiger partial charge in [-0.3, -0.25) is 0 Å². The number of benzene rings is 1. The summed E-state index contributed by atoms with van der Waals surface area (Å²) in [4.78, 5) is 3.42. The minimum Gasteiger partial charge on any atom is -0.396 e. The Labute approximate surface area is 96.3 Å². The van der Waals surface area contributed by atoms with E-state index in [-0.39, 0.29) is 0 Å². The lowest BCUT2D eigenvalue weighted by atomic mass is 10.0. The molecular formula is C14H19NO. The molecular weight excluding hydrogens is 198 g/mol. The zero-order valence-electron chi connectivity index (χ0n) is 9.79. The second-order valence-electron chi connectivity index (χ2n) is 4.31. The largest absolute Gasteiger partial charge is 0.396 e. The van der Waals surface area contributed by atoms with E-state index in [0.717, 1.165) is 25.7 Å². The van der Waals surface area contributed by atoms with Gasteiger partial charge in [0, 0.05) is 23.2 Å². The van der Waals surface area contributed by atoms with Gasteiger partial charge in [0.15, 0.2) is 0 Å². The molecule has 1 aromatic carbocycles. The van der Waals surface area contributed by atoms with E-state index in [4.69, 9.17) is 5.11 Å². The maximum atomic E-state index is 8.74. The van der Waals surface area contributed by atoms with Crippen LogP contribution in [0.5, 0.6) is 0 Å². The van der Waals surface area contributed by atoms with Crippen LogP contribution in [0.1, 0.15) is 30.5 Å². The number of rotatable bonds is 5. The zero-order chi connectivity index (χ0) is 11.4. The summed E-state index contributed by atoms with van der Waals surface area (Å²) in [5, 5.41) is 10.1. The summed E-state index contributed by atoms with van der Waals surface area (Å²) >= 11 is 0. The first kappa shape index (κ1) is 11.2. The van der Waals surface area contributed by atoms with E-state index in [9.17, 15) is 0 Å². The number of H-pyrrole nitrogens is 1. The highest BCUT2D eigenvalue weighted by molar-refractivity contribution is 5.84. The maximum Gasteiger partial charge on any atom is 0.0458 e. The highest BCUT2D eigenvalue weighted by atomic mass is 16.2. The fourth-order valence-corrected chi connectivity index (χ4v) is 2.25. The molecule has 0 aliphatic rings. The molecule has 0 aliphatic heterocycles. The maximum absolute atomic E-state index is 8.74. The van der Waals surface area contributed by atoms with Crippen molar-refractivity contribution in [1.29, 1.82) is 0 Å². The van der Waals surface area contributed by atoms with Gasteiger partial charge >= 0.3 is 0 Å². The molecule has 0 unspecified atom stereocenters. The Morgan fingerprint density at radius 2 is 1.94 bits per heavy atom. The Kier molecular flexibility index (Phi) is 3.62. The first-order valence-electron chi connectivity index (χ1n) is 6.00. The zero-order valence-corrected chi connectivity index (χ0v) is 9.79. The van der Waals surface area contributed by atoms with Crippen molar-refractivity contribution in [3.63, 3.8) is 0 Å². The average Bonchev–Trinajstić information content (AvgIpc) is 2.61. The molecule has 0 radical (unpaired) electrons. The lowest BCUT2D eigenvalue weighted by Crippen LogP contribution is -1.89. The first-order chi connectivity index (χ1) is 7.83. The third-order valence-corrected chi connectivity index (χ3v) is 3.11. The number of aliphatic hydroxyl groups excluding tert-OH is 1. The van der Waals surface area contributed by atoms with Gasteiger partial charge in [0.2, 0.25) is 0 Å². The van der Waals surface area contributed by atoms with E-state index in [0.29, 0.717) is 6.61 Å². The topological polar surface area (TPSA) is 36.0 Å². The fourth-order valence-electron chi connectivity index (χ4n) is 2.25. The highest BCUT2D eigenvalue weighted by Gasteiger charge is 2.06. The van der Waals surface area contributed by atoms with E-state index >= 15 is 0 Å². The molecule has 0 atom stereocenters. The molecule has 2 rings (SSSR count). The summed E-state index contributed by atoms with van der Waals surface area (Å²) in [6.45, 7) is 2.45. The Morgan fingerprint density at radius 3 is 2.75 bits per heavy atom. The number of aromatic nitrogens is 1. The standard InChI is InChI=1S/C14H19NO/c1-11-12(7-3-2-6-10-16)13-8-4-5-9-14(13)15-11/h4-5,8-9,15-16H,2-3,6-7,10H2,1H3. The molecule has 0 amide bonds. The molecule has 2 heteroatoms. The number of fused-ring (bicyclic) bond motifs is 1. The molecule has 0 saturated carbocycles. The minimum atomic E-state index is 0.312. The highest BCUT2D eigenvalue weighted by Crippen LogP contribution is 2.23. The van der Waals surface area contributed by atoms with Gasteiger partial charge in [-0.2, -0.15) is 0 Å². The number of hydrogen-bond donors (Lipinski definition) is 2. The SMILES string of the molecule is Cc1[nH]c2ccccc2c1CCCCCO. The van der Waals surface area contributed by atoms with Crippen LogP contribution in [0, 0.1) is 6.92 Å². The van der Waals surface area contributed by atoms with E-state index < -0.39 is 0 Å². The van der Waals surface area contributed by atoms with Crippen LogP contribution >= 0.6 is 0 Å². The van der Waals surface area contributed by atoms with E-state index in [1.54, 1.807) is 0 Å². The Morgan fingerprint density at radius 1 is 1.12 bits per heavy atom. The average molecular weight is 217 g/mol. The summed E-state index contributed by atoms with van der Waals surface area (Å²) in [7, 11) is 0. The summed E-state index contributed by atoms with van der Waals surface area (Å²) in [6.07, 6.45) is 4.29. The molecule has 0 saturated heterocycles. The fraction of sp³-hybridized carbons (Fsp3) is 0.429. The lowest BCUT2D eigenvalue weighted by molar-refractivity contribution is 0.283. The van der Waals surface area contributed by atoms with Crippen molar-refractivity contribution in [2.75, 3.05) is 6.61 Å². The molecule has 0 spiro atoms. The molecule has 0 fully saturated rings. The predicted molar refractivity (Wildman–Crippen MR) is 67.7 cm³/mol. The second-order valence-corrected chi connectivity index (χ2v) is 4.31. The smallest absolute Gasteiger partial charge is 0.0458 e. The first-order valence-corrected chi connectivity index (χ1v) is 6.00. The molecule has 0 aliphatic carbocycles. The Bertz CT molecular complexity index is 459. The molecule has 1 heterocycles. The van der Waals surface area contributed by atoms with Crippen molar-refractivity contribution >= 4 is 10.9 Å². The van der Waals surface area contributed by atoms with Crippen LogP contribution in [0.25, 0.3) is 10.9 Å². The molecule has 16 heavy (non-hydrogen) atoms. The van der Waals surface area contributed by atoms with Gasteiger partial charge in [0.1, 0.15) is 0 Å². The van der Waals surface area contributed by atoms with E-state index in [2.05, 4.69) is 36.2 Å². The van der Waals surface area contributed by atoms with Crippen LogP contribution in [0.15, 0.2) is 24.3 Å². The van der Waals surface area contributed by atoms with Crippen molar-refractivity contribution in [3.05, 3.63) is 35.5 Å². The van der Waals surface area contributed by atoms with Crippen molar-refractivity contribution in [2.24, 2.45) is 0 Å². The minimum absolute atomic E-state index is 0.312. The van der Waals surface area contributed by atoms with Crippen molar-refractivity contribution in [3.8, 4) is 0 Å². The molecule has 86 valence electrons. The number of para-hydroxylation sites is 1. The number of aryl methyl sites for hydroxylation is 2. The van der Waals surface area contributed by atoms with Crippen LogP contribution in [0.3, 0.4) is 0 Å². The van der Waals surface area contributed by atoms with Crippen LogP contribution in [0.2, 0.25) is 0 Å². The van der Waals surface area contributed by atoms with Crippen LogP contribution in [-0.4, -0.2) is 16.7 Å². The van der Waals surface area contributed by atoms with Gasteiger partial charge in [-0.05, 0) is 37.8 Å². The third-order valence-electron chi connectivity index (χ3n) is 3.11. The summed E-state index contributed by atoms with van der Waals surface area (Å²) in [5.41, 5.74) is 3.95. The lowest BCUT2D eigenvalue weighted by Gasteiger charge is -2.01. The van der Waals surface area contributed by atoms with Gasteiger partial charge < -0.3 is 10.1 Å². The van der Waals surface area contributed by atoms with Crippen LogP contribution in [0.4, 0.5) is 0 Å².